The average molecular weight is 1030 g/mol. The van der Waals surface area contributed by atoms with Gasteiger partial charge in [-0.25, -0.2) is 0 Å². The van der Waals surface area contributed by atoms with Gasteiger partial charge in [-0.15, -0.1) is 0 Å². The summed E-state index contributed by atoms with van der Waals surface area (Å²) in [6, 6.07) is 40.3. The van der Waals surface area contributed by atoms with E-state index in [9.17, 15) is 8.42 Å². The average Bonchev–Trinajstić information content (AvgIpc) is 3.71. The lowest BCUT2D eigenvalue weighted by Gasteiger charge is -2.46. The number of hydrogen-bond donors (Lipinski definition) is 0. The van der Waals surface area contributed by atoms with Gasteiger partial charge in [0.15, 0.2) is 5.79 Å². The summed E-state index contributed by atoms with van der Waals surface area (Å²) >= 11 is 0. The van der Waals surface area contributed by atoms with E-state index in [-0.39, 0.29) is 12.7 Å². The molecule has 10 nitrogen and oxygen atoms in total. The molecule has 2 aliphatic rings. The lowest BCUT2D eigenvalue weighted by Crippen LogP contribution is -2.61. The van der Waals surface area contributed by atoms with Crippen LogP contribution in [0.5, 0.6) is 0 Å². The molecule has 6 rings (SSSR count). The molecule has 2 saturated heterocycles. The maximum absolute atomic E-state index is 13.1. The van der Waals surface area contributed by atoms with Gasteiger partial charge < -0.3 is 33.2 Å². The second-order valence-electron chi connectivity index (χ2n) is 21.0. The summed E-state index contributed by atoms with van der Waals surface area (Å²) in [5, 5.41) is 0. The molecule has 0 spiro atoms. The Morgan fingerprint density at radius 1 is 0.479 bits per heavy atom. The third-order valence-electron chi connectivity index (χ3n) is 14.2. The van der Waals surface area contributed by atoms with Crippen molar-refractivity contribution in [1.82, 2.24) is 0 Å². The van der Waals surface area contributed by atoms with Gasteiger partial charge in [0.2, 0.25) is 0 Å². The number of ether oxygens (including phenoxy) is 7. The molecule has 2 fully saturated rings. The third kappa shape index (κ3) is 22.3. The smallest absolute Gasteiger partial charge is 0.264 e. The van der Waals surface area contributed by atoms with Crippen molar-refractivity contribution in [1.29, 1.82) is 0 Å². The fourth-order valence-electron chi connectivity index (χ4n) is 10.4. The van der Waals surface area contributed by atoms with Gasteiger partial charge in [0.25, 0.3) is 10.1 Å². The molecular formula is C62H90O10S. The molecule has 4 aromatic carbocycles. The first-order chi connectivity index (χ1) is 35.6. The summed E-state index contributed by atoms with van der Waals surface area (Å²) in [5.41, 5.74) is 4.08. The number of rotatable bonds is 37. The van der Waals surface area contributed by atoms with E-state index in [0.29, 0.717) is 39.3 Å². The van der Waals surface area contributed by atoms with Gasteiger partial charge in [0.05, 0.1) is 51.5 Å². The zero-order valence-corrected chi connectivity index (χ0v) is 45.7. The molecule has 0 radical (unpaired) electrons. The number of hydrogen-bond acceptors (Lipinski definition) is 10. The molecule has 0 bridgehead atoms. The van der Waals surface area contributed by atoms with Crippen molar-refractivity contribution in [2.24, 2.45) is 0 Å². The minimum Gasteiger partial charge on any atom is -0.374 e. The Bertz CT molecular complexity index is 2130. The highest BCUT2D eigenvalue weighted by Gasteiger charge is 2.50. The van der Waals surface area contributed by atoms with Gasteiger partial charge in [-0.05, 0) is 55.4 Å². The van der Waals surface area contributed by atoms with Crippen LogP contribution in [-0.2, 0) is 73.9 Å². The lowest BCUT2D eigenvalue weighted by atomic mass is 9.90. The van der Waals surface area contributed by atoms with Crippen LogP contribution in [0.25, 0.3) is 0 Å². The summed E-state index contributed by atoms with van der Waals surface area (Å²) in [6.45, 7) is 7.63. The first-order valence-electron chi connectivity index (χ1n) is 28.0. The first-order valence-corrected chi connectivity index (χ1v) is 29.9. The second kappa shape index (κ2) is 32.8. The van der Waals surface area contributed by atoms with Gasteiger partial charge in [-0.2, -0.15) is 8.42 Å². The predicted octanol–water partition coefficient (Wildman–Crippen LogP) is 14.4. The fourth-order valence-corrected chi connectivity index (χ4v) is 11.1. The Hall–Kier alpha value is -3.49. The van der Waals surface area contributed by atoms with Gasteiger partial charge in [-0.1, -0.05) is 237 Å². The van der Waals surface area contributed by atoms with Crippen LogP contribution >= 0.6 is 0 Å². The van der Waals surface area contributed by atoms with E-state index in [2.05, 4.69) is 6.92 Å². The quantitative estimate of drug-likeness (QED) is 0.0320. The Labute approximate surface area is 440 Å². The predicted molar refractivity (Wildman–Crippen MR) is 291 cm³/mol. The molecule has 0 N–H and O–H groups in total. The van der Waals surface area contributed by atoms with Crippen molar-refractivity contribution in [2.75, 3.05) is 12.9 Å². The molecule has 0 aliphatic carbocycles. The Kier molecular flexibility index (Phi) is 26.4. The van der Waals surface area contributed by atoms with E-state index in [4.69, 9.17) is 37.3 Å². The summed E-state index contributed by atoms with van der Waals surface area (Å²) in [5.74, 6) is -0.910. The van der Waals surface area contributed by atoms with Crippen molar-refractivity contribution in [3.05, 3.63) is 144 Å². The van der Waals surface area contributed by atoms with Crippen molar-refractivity contribution in [3.8, 4) is 0 Å². The van der Waals surface area contributed by atoms with Gasteiger partial charge in [-0.3, -0.25) is 4.18 Å². The van der Waals surface area contributed by atoms with E-state index in [0.717, 1.165) is 47.8 Å². The van der Waals surface area contributed by atoms with E-state index in [1.54, 1.807) is 0 Å². The highest BCUT2D eigenvalue weighted by Crippen LogP contribution is 2.38. The standard InChI is InChI=1S/C62H90O10S/c1-5-6-7-8-9-10-11-12-13-14-15-16-17-18-19-20-33-42-55-58(71-62(2,3)70-55)56(72-73(4,63)64)44-43-54-59(66-46-51-36-27-22-28-37-51)61(68-48-53-40-31-24-32-41-53)60(67-47-52-38-29-23-30-39-52)57(69-54)49-65-45-50-34-25-21-26-35-50/h21-32,34-41,54-61H,5-20,33,42-49H2,1-4H3/t54-,55-,56-,57-,58-,59+,60+,61-/m1/s1. The third-order valence-corrected chi connectivity index (χ3v) is 14.8. The molecule has 2 heterocycles. The topological polar surface area (TPSA) is 108 Å². The van der Waals surface area contributed by atoms with E-state index < -0.39 is 58.6 Å². The minimum atomic E-state index is -3.90. The van der Waals surface area contributed by atoms with Gasteiger partial charge in [0.1, 0.15) is 36.6 Å². The summed E-state index contributed by atoms with van der Waals surface area (Å²) < 4.78 is 79.8. The highest BCUT2D eigenvalue weighted by molar-refractivity contribution is 7.86. The summed E-state index contributed by atoms with van der Waals surface area (Å²) in [4.78, 5) is 0. The molecule has 8 atom stereocenters. The molecule has 404 valence electrons. The second-order valence-corrected chi connectivity index (χ2v) is 22.6. The number of unbranched alkanes of at least 4 members (excludes halogenated alkanes) is 16. The van der Waals surface area contributed by atoms with Crippen molar-refractivity contribution in [3.63, 3.8) is 0 Å². The molecule has 4 aromatic rings. The monoisotopic (exact) mass is 1030 g/mol. The Morgan fingerprint density at radius 3 is 1.32 bits per heavy atom. The van der Waals surface area contributed by atoms with Crippen molar-refractivity contribution >= 4 is 10.1 Å². The van der Waals surface area contributed by atoms with E-state index in [1.165, 1.54) is 96.3 Å². The van der Waals surface area contributed by atoms with Crippen LogP contribution < -0.4 is 0 Å². The zero-order chi connectivity index (χ0) is 51.4. The normalized spacial score (nSPS) is 22.4. The van der Waals surface area contributed by atoms with Gasteiger partial charge in [0, 0.05) is 0 Å². The van der Waals surface area contributed by atoms with E-state index in [1.807, 2.05) is 135 Å². The Morgan fingerprint density at radius 2 is 0.877 bits per heavy atom. The molecule has 0 amide bonds. The molecule has 0 unspecified atom stereocenters. The van der Waals surface area contributed by atoms with Crippen molar-refractivity contribution < 1.29 is 45.8 Å². The largest absolute Gasteiger partial charge is 0.374 e. The first kappa shape index (κ1) is 58.8. The van der Waals surface area contributed by atoms with Crippen LogP contribution in [0.3, 0.4) is 0 Å². The van der Waals surface area contributed by atoms with Crippen LogP contribution in [0.15, 0.2) is 121 Å². The van der Waals surface area contributed by atoms with Crippen LogP contribution in [0.4, 0.5) is 0 Å². The molecule has 73 heavy (non-hydrogen) atoms. The summed E-state index contributed by atoms with van der Waals surface area (Å²) in [6.07, 6.45) is 19.9. The maximum Gasteiger partial charge on any atom is 0.264 e. The van der Waals surface area contributed by atoms with Crippen LogP contribution in [-0.4, -0.2) is 75.9 Å². The molecular weight excluding hydrogens is 937 g/mol. The summed E-state index contributed by atoms with van der Waals surface area (Å²) in [7, 11) is -3.90. The zero-order valence-electron chi connectivity index (χ0n) is 44.8. The van der Waals surface area contributed by atoms with Gasteiger partial charge >= 0.3 is 0 Å². The van der Waals surface area contributed by atoms with Crippen LogP contribution in [0.1, 0.15) is 171 Å². The van der Waals surface area contributed by atoms with Crippen LogP contribution in [0, 0.1) is 0 Å². The van der Waals surface area contributed by atoms with Crippen LogP contribution in [0.2, 0.25) is 0 Å². The van der Waals surface area contributed by atoms with E-state index >= 15 is 0 Å². The fraction of sp³-hybridized carbons (Fsp3) is 0.613. The van der Waals surface area contributed by atoms with Crippen molar-refractivity contribution in [2.45, 2.75) is 230 Å². The SMILES string of the molecule is CCCCCCCCCCCCCCCCCCC[C@H]1OC(C)(C)O[C@H]1[C@@H](CC[C@H]1O[C@H](COCc2ccccc2)[C@H](OCc2ccccc2)[C@H](OCc2ccccc2)[C@H]1OCc1ccccc1)OS(C)(=O)=O. The molecule has 0 saturated carbocycles. The molecule has 0 aromatic heterocycles. The molecule has 11 heteroatoms. The highest BCUT2D eigenvalue weighted by atomic mass is 32.2. The number of benzene rings is 4. The maximum atomic E-state index is 13.1. The molecule has 2 aliphatic heterocycles. The minimum absolute atomic E-state index is 0.222. The lowest BCUT2D eigenvalue weighted by molar-refractivity contribution is -0.274. The Balaban J connectivity index is 1.14.